The number of hydrogen-bond acceptors (Lipinski definition) is 2. The van der Waals surface area contributed by atoms with Gasteiger partial charge in [0.1, 0.15) is 0 Å². The first-order valence-electron chi connectivity index (χ1n) is 3.33. The minimum atomic E-state index is 0.827. The van der Waals surface area contributed by atoms with Gasteiger partial charge in [-0.3, -0.25) is 4.99 Å². The van der Waals surface area contributed by atoms with Crippen molar-refractivity contribution in [3.05, 3.63) is 0 Å². The van der Waals surface area contributed by atoms with E-state index in [1.165, 1.54) is 12.2 Å². The molecule has 54 valence electrons. The van der Waals surface area contributed by atoms with Crippen LogP contribution < -0.4 is 0 Å². The predicted octanol–water partition coefficient (Wildman–Crippen LogP) is 2.42. The zero-order valence-corrected chi connectivity index (χ0v) is 7.24. The van der Waals surface area contributed by atoms with Crippen molar-refractivity contribution in [2.45, 2.75) is 20.3 Å². The molecule has 0 amide bonds. The summed E-state index contributed by atoms with van der Waals surface area (Å²) in [6.07, 6.45) is 1.27. The van der Waals surface area contributed by atoms with Gasteiger partial charge in [-0.2, -0.15) is 0 Å². The number of rotatable bonds is 4. The number of aliphatic imine (C=N–C) groups is 1. The summed E-state index contributed by atoms with van der Waals surface area (Å²) in [6.45, 7) is 4.48. The van der Waals surface area contributed by atoms with Gasteiger partial charge in [-0.1, -0.05) is 20.3 Å². The topological polar surface area (TPSA) is 12.4 Å². The maximum absolute atomic E-state index is 3.88. The molecule has 0 aromatic carbocycles. The second kappa shape index (κ2) is 6.14. The zero-order valence-electron chi connectivity index (χ0n) is 6.42. The minimum Gasteiger partial charge on any atom is -0.290 e. The first-order valence-corrected chi connectivity index (χ1v) is 4.38. The molecule has 9 heavy (non-hydrogen) atoms. The molecule has 0 aromatic rings. The third-order valence-corrected chi connectivity index (χ3v) is 2.38. The van der Waals surface area contributed by atoms with Crippen LogP contribution in [0.15, 0.2) is 4.99 Å². The lowest BCUT2D eigenvalue weighted by molar-refractivity contribution is 0.638. The summed E-state index contributed by atoms with van der Waals surface area (Å²) < 4.78 is 0. The Kier molecular flexibility index (Phi) is 6.16. The Hall–Kier alpha value is 0.0200. The van der Waals surface area contributed by atoms with Crippen LogP contribution in [0.2, 0.25) is 0 Å². The summed E-state index contributed by atoms with van der Waals surface area (Å²) in [7, 11) is 1.81. The quantitative estimate of drug-likeness (QED) is 0.437. The third kappa shape index (κ3) is 5.90. The third-order valence-electron chi connectivity index (χ3n) is 1.26. The fraction of sp³-hybridized carbons (Fsp3) is 0.857. The van der Waals surface area contributed by atoms with Crippen molar-refractivity contribution in [2.24, 2.45) is 10.9 Å². The lowest BCUT2D eigenvalue weighted by atomic mass is 10.2. The van der Waals surface area contributed by atoms with Gasteiger partial charge in [-0.15, -0.1) is 11.8 Å². The van der Waals surface area contributed by atoms with E-state index >= 15 is 0 Å². The normalized spacial score (nSPS) is 14.6. The number of nitrogens with zero attached hydrogens (tertiary/aromatic N) is 1. The van der Waals surface area contributed by atoms with E-state index in [1.54, 1.807) is 11.8 Å². The Balaban J connectivity index is 3.06. The molecule has 0 spiro atoms. The Bertz CT molecular complexity index is 81.0. The first kappa shape index (κ1) is 9.02. The van der Waals surface area contributed by atoms with Gasteiger partial charge >= 0.3 is 0 Å². The Morgan fingerprint density at radius 2 is 2.33 bits per heavy atom. The summed E-state index contributed by atoms with van der Waals surface area (Å²) in [4.78, 5) is 3.88. The molecule has 0 saturated heterocycles. The average molecular weight is 145 g/mol. The summed E-state index contributed by atoms with van der Waals surface area (Å²) >= 11 is 1.79. The highest BCUT2D eigenvalue weighted by Gasteiger charge is 1.94. The predicted molar refractivity (Wildman–Crippen MR) is 46.3 cm³/mol. The molecule has 2 heteroatoms. The van der Waals surface area contributed by atoms with Gasteiger partial charge in [0.25, 0.3) is 0 Å². The van der Waals surface area contributed by atoms with Crippen LogP contribution in [-0.4, -0.2) is 18.3 Å². The molecule has 1 atom stereocenters. The Labute approximate surface area is 61.9 Å². The Morgan fingerprint density at radius 3 is 2.78 bits per heavy atom. The van der Waals surface area contributed by atoms with E-state index in [0.717, 1.165) is 5.92 Å². The SMILES string of the molecule is CCC(C)CS/C=N\C. The van der Waals surface area contributed by atoms with Crippen LogP contribution in [0.3, 0.4) is 0 Å². The average Bonchev–Trinajstić information content (AvgIpc) is 1.89. The molecule has 0 fully saturated rings. The summed E-state index contributed by atoms with van der Waals surface area (Å²) in [5.41, 5.74) is 1.91. The van der Waals surface area contributed by atoms with Gasteiger partial charge < -0.3 is 0 Å². The lowest BCUT2D eigenvalue weighted by Gasteiger charge is -2.02. The summed E-state index contributed by atoms with van der Waals surface area (Å²) in [5.74, 6) is 2.03. The largest absolute Gasteiger partial charge is 0.290 e. The van der Waals surface area contributed by atoms with E-state index in [-0.39, 0.29) is 0 Å². The second-order valence-corrected chi connectivity index (χ2v) is 3.09. The molecule has 0 bridgehead atoms. The maximum atomic E-state index is 3.88. The van der Waals surface area contributed by atoms with Gasteiger partial charge in [0.2, 0.25) is 0 Å². The van der Waals surface area contributed by atoms with Crippen molar-refractivity contribution in [3.8, 4) is 0 Å². The van der Waals surface area contributed by atoms with E-state index in [1.807, 2.05) is 12.6 Å². The van der Waals surface area contributed by atoms with Gasteiger partial charge in [0.05, 0.1) is 5.55 Å². The van der Waals surface area contributed by atoms with Crippen molar-refractivity contribution in [3.63, 3.8) is 0 Å². The van der Waals surface area contributed by atoms with Crippen LogP contribution in [0, 0.1) is 5.92 Å². The summed E-state index contributed by atoms with van der Waals surface area (Å²) in [5, 5.41) is 0. The van der Waals surface area contributed by atoms with E-state index in [9.17, 15) is 0 Å². The molecule has 0 aromatic heterocycles. The van der Waals surface area contributed by atoms with Crippen molar-refractivity contribution >= 4 is 17.3 Å². The highest BCUT2D eigenvalue weighted by Crippen LogP contribution is 2.07. The molecule has 0 rings (SSSR count). The molecule has 0 aliphatic rings. The maximum Gasteiger partial charge on any atom is 0.0537 e. The van der Waals surface area contributed by atoms with Gasteiger partial charge in [-0.25, -0.2) is 0 Å². The molecule has 1 unspecified atom stereocenters. The van der Waals surface area contributed by atoms with E-state index in [2.05, 4.69) is 18.8 Å². The molecular formula is C7H15NS. The molecule has 0 heterocycles. The van der Waals surface area contributed by atoms with Crippen LogP contribution in [0.4, 0.5) is 0 Å². The molecule has 0 aliphatic carbocycles. The summed E-state index contributed by atoms with van der Waals surface area (Å²) in [6, 6.07) is 0. The van der Waals surface area contributed by atoms with Crippen LogP contribution >= 0.6 is 11.8 Å². The van der Waals surface area contributed by atoms with Gasteiger partial charge in [0.15, 0.2) is 0 Å². The zero-order chi connectivity index (χ0) is 7.11. The fourth-order valence-electron chi connectivity index (χ4n) is 0.400. The molecule has 0 N–H and O–H groups in total. The molecule has 1 nitrogen and oxygen atoms in total. The van der Waals surface area contributed by atoms with Crippen molar-refractivity contribution in [1.82, 2.24) is 0 Å². The standard InChI is InChI=1S/C7H15NS/c1-4-7(2)5-9-6-8-3/h6-7H,4-5H2,1-3H3/b8-6-. The van der Waals surface area contributed by atoms with Crippen LogP contribution in [0.5, 0.6) is 0 Å². The van der Waals surface area contributed by atoms with Crippen LogP contribution in [0.25, 0.3) is 0 Å². The molecule has 0 aliphatic heterocycles. The molecule has 0 saturated carbocycles. The molecular weight excluding hydrogens is 130 g/mol. The number of hydrogen-bond donors (Lipinski definition) is 0. The lowest BCUT2D eigenvalue weighted by Crippen LogP contribution is -1.94. The monoisotopic (exact) mass is 145 g/mol. The highest BCUT2D eigenvalue weighted by molar-refractivity contribution is 8.12. The fourth-order valence-corrected chi connectivity index (χ4v) is 1.20. The molecule has 0 radical (unpaired) electrons. The van der Waals surface area contributed by atoms with Crippen molar-refractivity contribution in [1.29, 1.82) is 0 Å². The van der Waals surface area contributed by atoms with Crippen molar-refractivity contribution < 1.29 is 0 Å². The number of thioether (sulfide) groups is 1. The van der Waals surface area contributed by atoms with E-state index in [4.69, 9.17) is 0 Å². The van der Waals surface area contributed by atoms with E-state index in [0.29, 0.717) is 0 Å². The Morgan fingerprint density at radius 1 is 1.67 bits per heavy atom. The second-order valence-electron chi connectivity index (χ2n) is 2.21. The van der Waals surface area contributed by atoms with Crippen LogP contribution in [-0.2, 0) is 0 Å². The van der Waals surface area contributed by atoms with Gasteiger partial charge in [-0.05, 0) is 5.92 Å². The minimum absolute atomic E-state index is 0.827. The smallest absolute Gasteiger partial charge is 0.0537 e. The first-order chi connectivity index (χ1) is 4.31. The highest BCUT2D eigenvalue weighted by atomic mass is 32.2. The van der Waals surface area contributed by atoms with Crippen molar-refractivity contribution in [2.75, 3.05) is 12.8 Å². The van der Waals surface area contributed by atoms with Gasteiger partial charge in [0, 0.05) is 12.8 Å². The van der Waals surface area contributed by atoms with E-state index < -0.39 is 0 Å². The van der Waals surface area contributed by atoms with Crippen LogP contribution in [0.1, 0.15) is 20.3 Å².